The van der Waals surface area contributed by atoms with E-state index in [0.29, 0.717) is 10.2 Å². The minimum absolute atomic E-state index is 0.235. The van der Waals surface area contributed by atoms with Crippen molar-refractivity contribution in [1.29, 1.82) is 0 Å². The van der Waals surface area contributed by atoms with Crippen molar-refractivity contribution in [3.8, 4) is 0 Å². The molecule has 0 aliphatic heterocycles. The average molecular weight is 400 g/mol. The van der Waals surface area contributed by atoms with E-state index in [4.69, 9.17) is 12.2 Å². The topological polar surface area (TPSA) is 78.1 Å². The lowest BCUT2D eigenvalue weighted by Crippen LogP contribution is -2.49. The number of anilines is 2. The van der Waals surface area contributed by atoms with E-state index in [2.05, 4.69) is 39.5 Å². The number of carbonyl (C=O) groups is 1. The number of para-hydroxylation sites is 1. The van der Waals surface area contributed by atoms with Gasteiger partial charge in [0.15, 0.2) is 10.2 Å². The molecule has 0 spiro atoms. The largest absolute Gasteiger partial charge is 0.350 e. The zero-order valence-corrected chi connectivity index (χ0v) is 16.7. The molecule has 6 nitrogen and oxygen atoms in total. The highest BCUT2D eigenvalue weighted by atomic mass is 32.1. The number of carbonyl (C=O) groups excluding carboxylic acids is 1. The van der Waals surface area contributed by atoms with Gasteiger partial charge in [0.2, 0.25) is 0 Å². The van der Waals surface area contributed by atoms with E-state index in [1.807, 2.05) is 42.5 Å². The number of thiazole rings is 1. The summed E-state index contributed by atoms with van der Waals surface area (Å²) in [7, 11) is 0. The van der Waals surface area contributed by atoms with Gasteiger partial charge in [0.1, 0.15) is 6.04 Å². The standard InChI is InChI=1S/C19H21N5OS2/c1-3-13-7-6-8-14(11-13)21-18(26)24-23-17(25)12(2)20-19-22-15-9-4-5-10-16(15)27-19/h4-12H,3H2,1-2H3,(H,20,22)(H,23,25)(H2,21,24,26)/t12-/m0/s1. The van der Waals surface area contributed by atoms with Gasteiger partial charge in [0, 0.05) is 5.69 Å². The number of hydrazine groups is 1. The minimum Gasteiger partial charge on any atom is -0.350 e. The number of hydrogen-bond acceptors (Lipinski definition) is 5. The molecule has 140 valence electrons. The second-order valence-corrected chi connectivity index (χ2v) is 7.41. The molecule has 1 aromatic heterocycles. The fourth-order valence-corrected chi connectivity index (χ4v) is 3.56. The Labute approximate surface area is 167 Å². The molecular weight excluding hydrogens is 378 g/mol. The Morgan fingerprint density at radius 3 is 2.78 bits per heavy atom. The number of benzene rings is 2. The number of nitrogens with zero attached hydrogens (tertiary/aromatic N) is 1. The highest BCUT2D eigenvalue weighted by molar-refractivity contribution is 7.80. The first-order valence-corrected chi connectivity index (χ1v) is 9.85. The smallest absolute Gasteiger partial charge is 0.260 e. The molecule has 0 aliphatic carbocycles. The van der Waals surface area contributed by atoms with Crippen molar-refractivity contribution in [2.75, 3.05) is 10.6 Å². The van der Waals surface area contributed by atoms with Crippen molar-refractivity contribution in [2.45, 2.75) is 26.3 Å². The predicted octanol–water partition coefficient (Wildman–Crippen LogP) is 3.68. The van der Waals surface area contributed by atoms with Crippen LogP contribution in [0.15, 0.2) is 48.5 Å². The predicted molar refractivity (Wildman–Crippen MR) is 116 cm³/mol. The number of thiocarbonyl (C=S) groups is 1. The van der Waals surface area contributed by atoms with E-state index >= 15 is 0 Å². The third-order valence-corrected chi connectivity index (χ3v) is 5.09. The first-order chi connectivity index (χ1) is 13.0. The molecule has 0 radical (unpaired) electrons. The van der Waals surface area contributed by atoms with Gasteiger partial charge in [-0.2, -0.15) is 0 Å². The lowest BCUT2D eigenvalue weighted by Gasteiger charge is -2.16. The zero-order valence-electron chi connectivity index (χ0n) is 15.1. The van der Waals surface area contributed by atoms with Crippen LogP contribution in [0, 0.1) is 0 Å². The van der Waals surface area contributed by atoms with Crippen molar-refractivity contribution < 1.29 is 4.79 Å². The highest BCUT2D eigenvalue weighted by Crippen LogP contribution is 2.25. The van der Waals surface area contributed by atoms with E-state index in [9.17, 15) is 4.79 Å². The SMILES string of the molecule is CCc1cccc(NC(=S)NNC(=O)[C@H](C)Nc2nc3ccccc3s2)c1. The molecule has 0 saturated carbocycles. The van der Waals surface area contributed by atoms with E-state index in [0.717, 1.165) is 22.3 Å². The van der Waals surface area contributed by atoms with Gasteiger partial charge in [-0.15, -0.1) is 0 Å². The van der Waals surface area contributed by atoms with Crippen LogP contribution in [0.1, 0.15) is 19.4 Å². The van der Waals surface area contributed by atoms with E-state index in [-0.39, 0.29) is 5.91 Å². The number of nitrogens with one attached hydrogen (secondary N) is 4. The second kappa shape index (κ2) is 8.79. The van der Waals surface area contributed by atoms with Crippen LogP contribution >= 0.6 is 23.6 Å². The summed E-state index contributed by atoms with van der Waals surface area (Å²) < 4.78 is 1.07. The molecule has 4 N–H and O–H groups in total. The van der Waals surface area contributed by atoms with Crippen LogP contribution in [0.3, 0.4) is 0 Å². The summed E-state index contributed by atoms with van der Waals surface area (Å²) in [5.74, 6) is -0.235. The number of aromatic nitrogens is 1. The van der Waals surface area contributed by atoms with Crippen LogP contribution in [0.2, 0.25) is 0 Å². The average Bonchev–Trinajstić information content (AvgIpc) is 3.08. The van der Waals surface area contributed by atoms with Crippen LogP contribution in [0.4, 0.5) is 10.8 Å². The third kappa shape index (κ3) is 5.15. The molecular formula is C19H21N5OS2. The number of fused-ring (bicyclic) bond motifs is 1. The summed E-state index contributed by atoms with van der Waals surface area (Å²) in [5, 5.41) is 7.19. The number of hydrogen-bond donors (Lipinski definition) is 4. The molecule has 8 heteroatoms. The van der Waals surface area contributed by atoms with Gasteiger partial charge in [-0.3, -0.25) is 15.6 Å². The molecule has 0 unspecified atom stereocenters. The summed E-state index contributed by atoms with van der Waals surface area (Å²) in [5.41, 5.74) is 8.33. The van der Waals surface area contributed by atoms with E-state index in [1.165, 1.54) is 16.9 Å². The maximum absolute atomic E-state index is 12.3. The molecule has 0 aliphatic rings. The van der Waals surface area contributed by atoms with Crippen LogP contribution in [0.25, 0.3) is 10.2 Å². The van der Waals surface area contributed by atoms with Gasteiger partial charge in [-0.1, -0.05) is 42.5 Å². The molecule has 3 rings (SSSR count). The number of amides is 1. The van der Waals surface area contributed by atoms with E-state index < -0.39 is 6.04 Å². The van der Waals surface area contributed by atoms with Crippen LogP contribution in [0.5, 0.6) is 0 Å². The first kappa shape index (κ1) is 19.1. The Hall–Kier alpha value is -2.71. The molecule has 0 saturated heterocycles. The fourth-order valence-electron chi connectivity index (χ4n) is 2.44. The molecule has 1 atom stereocenters. The first-order valence-electron chi connectivity index (χ1n) is 8.63. The molecule has 1 amide bonds. The van der Waals surface area contributed by atoms with Crippen molar-refractivity contribution >= 4 is 55.6 Å². The molecule has 0 bridgehead atoms. The second-order valence-electron chi connectivity index (χ2n) is 5.98. The molecule has 1 heterocycles. The molecule has 3 aromatic rings. The monoisotopic (exact) mass is 399 g/mol. The van der Waals surface area contributed by atoms with Gasteiger partial charge in [-0.05, 0) is 55.4 Å². The van der Waals surface area contributed by atoms with Crippen LogP contribution in [-0.4, -0.2) is 22.0 Å². The Morgan fingerprint density at radius 1 is 1.19 bits per heavy atom. The van der Waals surface area contributed by atoms with Crippen molar-refractivity contribution in [3.05, 3.63) is 54.1 Å². The normalized spacial score (nSPS) is 11.6. The summed E-state index contributed by atoms with van der Waals surface area (Å²) in [6.07, 6.45) is 0.946. The van der Waals surface area contributed by atoms with Crippen molar-refractivity contribution in [2.24, 2.45) is 0 Å². The van der Waals surface area contributed by atoms with Gasteiger partial charge >= 0.3 is 0 Å². The Balaban J connectivity index is 1.49. The minimum atomic E-state index is -0.468. The van der Waals surface area contributed by atoms with Gasteiger partial charge in [-0.25, -0.2) is 4.98 Å². The Bertz CT molecular complexity index is 923. The number of aryl methyl sites for hydroxylation is 1. The summed E-state index contributed by atoms with van der Waals surface area (Å²) in [4.78, 5) is 16.7. The Morgan fingerprint density at radius 2 is 2.00 bits per heavy atom. The maximum atomic E-state index is 12.3. The third-order valence-electron chi connectivity index (χ3n) is 3.92. The summed E-state index contributed by atoms with van der Waals surface area (Å²) in [6.45, 7) is 3.86. The molecule has 2 aromatic carbocycles. The summed E-state index contributed by atoms with van der Waals surface area (Å²) in [6, 6.07) is 15.3. The lowest BCUT2D eigenvalue weighted by molar-refractivity contribution is -0.122. The molecule has 27 heavy (non-hydrogen) atoms. The maximum Gasteiger partial charge on any atom is 0.260 e. The van der Waals surface area contributed by atoms with Crippen molar-refractivity contribution in [1.82, 2.24) is 15.8 Å². The van der Waals surface area contributed by atoms with Crippen LogP contribution in [-0.2, 0) is 11.2 Å². The van der Waals surface area contributed by atoms with Gasteiger partial charge in [0.25, 0.3) is 5.91 Å². The number of rotatable bonds is 5. The lowest BCUT2D eigenvalue weighted by atomic mass is 10.1. The molecule has 0 fully saturated rings. The zero-order chi connectivity index (χ0) is 19.2. The van der Waals surface area contributed by atoms with Crippen molar-refractivity contribution in [3.63, 3.8) is 0 Å². The van der Waals surface area contributed by atoms with Crippen LogP contribution < -0.4 is 21.5 Å². The highest BCUT2D eigenvalue weighted by Gasteiger charge is 2.15. The van der Waals surface area contributed by atoms with Gasteiger partial charge in [0.05, 0.1) is 10.2 Å². The van der Waals surface area contributed by atoms with Gasteiger partial charge < -0.3 is 10.6 Å². The fraction of sp³-hybridized carbons (Fsp3) is 0.211. The quantitative estimate of drug-likeness (QED) is 0.387. The summed E-state index contributed by atoms with van der Waals surface area (Å²) >= 11 is 6.74. The van der Waals surface area contributed by atoms with E-state index in [1.54, 1.807) is 6.92 Å². The Kier molecular flexibility index (Phi) is 6.20.